The van der Waals surface area contributed by atoms with Gasteiger partial charge in [0.05, 0.1) is 5.41 Å². The Morgan fingerprint density at radius 2 is 1.61 bits per heavy atom. The Labute approximate surface area is 184 Å². The van der Waals surface area contributed by atoms with Crippen molar-refractivity contribution in [3.8, 4) is 5.75 Å². The maximum Gasteiger partial charge on any atom is 0.211 e. The SMILES string of the molecule is Cc1c(C(=O)c2ccccc2)cc2c(c1C)OC1(C=C2)N(C)c2ccccc2C1(C)C. The van der Waals surface area contributed by atoms with Crippen molar-refractivity contribution in [1.82, 2.24) is 0 Å². The maximum absolute atomic E-state index is 13.2. The van der Waals surface area contributed by atoms with Gasteiger partial charge < -0.3 is 9.64 Å². The minimum atomic E-state index is -0.619. The van der Waals surface area contributed by atoms with Gasteiger partial charge in [0, 0.05) is 29.4 Å². The van der Waals surface area contributed by atoms with Crippen LogP contribution in [0.4, 0.5) is 5.69 Å². The Kier molecular flexibility index (Phi) is 4.17. The largest absolute Gasteiger partial charge is 0.462 e. The van der Waals surface area contributed by atoms with Crippen molar-refractivity contribution in [2.45, 2.75) is 38.8 Å². The van der Waals surface area contributed by atoms with Gasteiger partial charge in [-0.2, -0.15) is 0 Å². The van der Waals surface area contributed by atoms with E-state index in [1.807, 2.05) is 43.3 Å². The van der Waals surface area contributed by atoms with Crippen LogP contribution in [0.15, 0.2) is 66.7 Å². The molecule has 156 valence electrons. The smallest absolute Gasteiger partial charge is 0.211 e. The van der Waals surface area contributed by atoms with Crippen molar-refractivity contribution < 1.29 is 9.53 Å². The van der Waals surface area contributed by atoms with Crippen LogP contribution in [0.5, 0.6) is 5.75 Å². The summed E-state index contributed by atoms with van der Waals surface area (Å²) in [5, 5.41) is 0. The highest BCUT2D eigenvalue weighted by atomic mass is 16.5. The number of fused-ring (bicyclic) bond motifs is 2. The zero-order valence-electron chi connectivity index (χ0n) is 18.7. The highest BCUT2D eigenvalue weighted by molar-refractivity contribution is 6.10. The molecule has 2 aliphatic heterocycles. The van der Waals surface area contributed by atoms with E-state index in [0.717, 1.165) is 28.0 Å². The van der Waals surface area contributed by atoms with E-state index in [9.17, 15) is 4.79 Å². The topological polar surface area (TPSA) is 29.5 Å². The van der Waals surface area contributed by atoms with E-state index in [-0.39, 0.29) is 11.2 Å². The first kappa shape index (κ1) is 19.6. The monoisotopic (exact) mass is 409 g/mol. The highest BCUT2D eigenvalue weighted by Gasteiger charge is 2.57. The molecule has 2 heterocycles. The summed E-state index contributed by atoms with van der Waals surface area (Å²) < 4.78 is 6.87. The second-order valence-electron chi connectivity index (χ2n) is 9.12. The molecule has 3 aromatic carbocycles. The second kappa shape index (κ2) is 6.58. The molecule has 0 aromatic heterocycles. The lowest BCUT2D eigenvalue weighted by Crippen LogP contribution is -2.58. The molecule has 31 heavy (non-hydrogen) atoms. The first-order chi connectivity index (χ1) is 14.8. The van der Waals surface area contributed by atoms with Crippen LogP contribution in [0.1, 0.15) is 52.0 Å². The van der Waals surface area contributed by atoms with Gasteiger partial charge in [0.15, 0.2) is 5.78 Å². The molecule has 0 saturated heterocycles. The molecule has 3 nitrogen and oxygen atoms in total. The lowest BCUT2D eigenvalue weighted by Gasteiger charge is -2.46. The zero-order chi connectivity index (χ0) is 22.0. The van der Waals surface area contributed by atoms with Gasteiger partial charge in [0.1, 0.15) is 5.75 Å². The van der Waals surface area contributed by atoms with Gasteiger partial charge in [-0.1, -0.05) is 48.5 Å². The van der Waals surface area contributed by atoms with E-state index in [1.165, 1.54) is 11.3 Å². The van der Waals surface area contributed by atoms with Gasteiger partial charge in [0.25, 0.3) is 0 Å². The first-order valence-corrected chi connectivity index (χ1v) is 10.7. The summed E-state index contributed by atoms with van der Waals surface area (Å²) in [7, 11) is 2.10. The van der Waals surface area contributed by atoms with E-state index in [2.05, 4.69) is 69.1 Å². The van der Waals surface area contributed by atoms with Crippen LogP contribution in [0.2, 0.25) is 0 Å². The van der Waals surface area contributed by atoms with E-state index >= 15 is 0 Å². The summed E-state index contributed by atoms with van der Waals surface area (Å²) in [4.78, 5) is 15.4. The van der Waals surface area contributed by atoms with Crippen LogP contribution in [-0.4, -0.2) is 18.6 Å². The molecule has 1 atom stereocenters. The van der Waals surface area contributed by atoms with E-state index < -0.39 is 5.72 Å². The quantitative estimate of drug-likeness (QED) is 0.482. The normalized spacial score (nSPS) is 20.4. The van der Waals surface area contributed by atoms with Crippen molar-refractivity contribution >= 4 is 17.5 Å². The predicted molar refractivity (Wildman–Crippen MR) is 126 cm³/mol. The summed E-state index contributed by atoms with van der Waals surface area (Å²) in [5.41, 5.74) is 5.96. The predicted octanol–water partition coefficient (Wildman–Crippen LogP) is 6.06. The van der Waals surface area contributed by atoms with Crippen molar-refractivity contribution in [2.75, 3.05) is 11.9 Å². The Bertz CT molecular complexity index is 1240. The van der Waals surface area contributed by atoms with Crippen LogP contribution >= 0.6 is 0 Å². The molecule has 0 radical (unpaired) electrons. The molecule has 3 heteroatoms. The number of hydrogen-bond donors (Lipinski definition) is 0. The standard InChI is InChI=1S/C28H27NO2/c1-18-19(2)26-21(17-22(18)25(30)20-11-7-6-8-12-20)15-16-28(31-26)27(3,4)23-13-9-10-14-24(23)29(28)5/h6-17H,1-5H3. The molecular formula is C28H27NO2. The summed E-state index contributed by atoms with van der Waals surface area (Å²) in [6.07, 6.45) is 4.28. The minimum absolute atomic E-state index is 0.0448. The summed E-state index contributed by atoms with van der Waals surface area (Å²) in [5.74, 6) is 0.903. The molecule has 0 fully saturated rings. The average molecular weight is 410 g/mol. The number of rotatable bonds is 2. The number of likely N-dealkylation sites (N-methyl/N-ethyl adjacent to an activating group) is 1. The van der Waals surface area contributed by atoms with E-state index in [4.69, 9.17) is 4.74 Å². The van der Waals surface area contributed by atoms with Gasteiger partial charge in [-0.15, -0.1) is 0 Å². The number of carbonyl (C=O) groups is 1. The number of ketones is 1. The number of ether oxygens (including phenoxy) is 1. The Hall–Kier alpha value is -3.33. The van der Waals surface area contributed by atoms with Gasteiger partial charge in [-0.3, -0.25) is 4.79 Å². The highest BCUT2D eigenvalue weighted by Crippen LogP contribution is 2.54. The minimum Gasteiger partial charge on any atom is -0.462 e. The average Bonchev–Trinajstić information content (AvgIpc) is 2.95. The molecule has 2 aliphatic rings. The van der Waals surface area contributed by atoms with E-state index in [1.54, 1.807) is 0 Å². The van der Waals surface area contributed by atoms with Crippen LogP contribution < -0.4 is 9.64 Å². The molecule has 1 unspecified atom stereocenters. The van der Waals surface area contributed by atoms with Crippen LogP contribution in [0.3, 0.4) is 0 Å². The maximum atomic E-state index is 13.2. The van der Waals surface area contributed by atoms with Crippen molar-refractivity contribution in [2.24, 2.45) is 0 Å². The third-order valence-corrected chi connectivity index (χ3v) is 7.23. The number of benzene rings is 3. The molecule has 3 aromatic rings. The molecule has 0 amide bonds. The second-order valence-corrected chi connectivity index (χ2v) is 9.12. The van der Waals surface area contributed by atoms with Crippen molar-refractivity contribution in [3.05, 3.63) is 100 Å². The van der Waals surface area contributed by atoms with Crippen LogP contribution in [0, 0.1) is 13.8 Å². The van der Waals surface area contributed by atoms with Crippen molar-refractivity contribution in [1.29, 1.82) is 0 Å². The Morgan fingerprint density at radius 1 is 0.935 bits per heavy atom. The third kappa shape index (κ3) is 2.56. The lowest BCUT2D eigenvalue weighted by molar-refractivity contribution is 0.0573. The van der Waals surface area contributed by atoms with Crippen LogP contribution in [-0.2, 0) is 5.41 Å². The number of hydrogen-bond acceptors (Lipinski definition) is 3. The first-order valence-electron chi connectivity index (χ1n) is 10.7. The Balaban J connectivity index is 1.63. The van der Waals surface area contributed by atoms with E-state index in [0.29, 0.717) is 5.56 Å². The fourth-order valence-electron chi connectivity index (χ4n) is 5.15. The number of nitrogens with zero attached hydrogens (tertiary/aromatic N) is 1. The van der Waals surface area contributed by atoms with Gasteiger partial charge in [-0.25, -0.2) is 0 Å². The molecule has 0 N–H and O–H groups in total. The molecule has 0 saturated carbocycles. The van der Waals surface area contributed by atoms with Crippen molar-refractivity contribution in [3.63, 3.8) is 0 Å². The fraction of sp³-hybridized carbons (Fsp3) is 0.250. The van der Waals surface area contributed by atoms with Gasteiger partial charge in [-0.05, 0) is 68.7 Å². The summed E-state index contributed by atoms with van der Waals surface area (Å²) >= 11 is 0. The lowest BCUT2D eigenvalue weighted by atomic mass is 9.76. The molecular weight excluding hydrogens is 382 g/mol. The fourth-order valence-corrected chi connectivity index (χ4v) is 5.15. The van der Waals surface area contributed by atoms with Crippen LogP contribution in [0.25, 0.3) is 6.08 Å². The number of para-hydroxylation sites is 1. The molecule has 0 bridgehead atoms. The van der Waals surface area contributed by atoms with Gasteiger partial charge >= 0.3 is 0 Å². The zero-order valence-corrected chi connectivity index (χ0v) is 18.7. The summed E-state index contributed by atoms with van der Waals surface area (Å²) in [6, 6.07) is 19.9. The van der Waals surface area contributed by atoms with Gasteiger partial charge in [0.2, 0.25) is 5.72 Å². The number of carbonyl (C=O) groups excluding carboxylic acids is 1. The summed E-state index contributed by atoms with van der Waals surface area (Å²) in [6.45, 7) is 8.54. The Morgan fingerprint density at radius 3 is 2.32 bits per heavy atom. The third-order valence-electron chi connectivity index (χ3n) is 7.23. The molecule has 1 spiro atoms. The number of anilines is 1. The molecule has 0 aliphatic carbocycles. The molecule has 5 rings (SSSR count).